The molecule has 0 aliphatic heterocycles. The fourth-order valence-corrected chi connectivity index (χ4v) is 0.881. The van der Waals surface area contributed by atoms with E-state index in [-0.39, 0.29) is 18.5 Å². The number of anilines is 1. The van der Waals surface area contributed by atoms with Gasteiger partial charge in [0.15, 0.2) is 0 Å². The van der Waals surface area contributed by atoms with E-state index in [0.29, 0.717) is 18.9 Å². The predicted molar refractivity (Wildman–Crippen MR) is 64.9 cm³/mol. The van der Waals surface area contributed by atoms with Crippen LogP contribution in [-0.4, -0.2) is 34.2 Å². The standard InChI is InChI=1S/C9H13N3O3.C2H6/c1-7(14)11-9-10-4-3-8(12-9)15-6-2-5-13;1-2/h3-4,13H,2,5-6H2,1H3,(H,10,11,12,14);1-2H3. The summed E-state index contributed by atoms with van der Waals surface area (Å²) in [5.41, 5.74) is 0. The van der Waals surface area contributed by atoms with Gasteiger partial charge in [0.1, 0.15) is 0 Å². The molecule has 2 N–H and O–H groups in total. The van der Waals surface area contributed by atoms with Crippen molar-refractivity contribution in [2.45, 2.75) is 27.2 Å². The lowest BCUT2D eigenvalue weighted by atomic mass is 10.5. The van der Waals surface area contributed by atoms with Crippen LogP contribution in [0, 0.1) is 0 Å². The minimum Gasteiger partial charge on any atom is -0.477 e. The van der Waals surface area contributed by atoms with E-state index in [9.17, 15) is 4.79 Å². The Labute approximate surface area is 101 Å². The number of amides is 1. The molecule has 6 nitrogen and oxygen atoms in total. The minimum atomic E-state index is -0.234. The molecule has 0 saturated heterocycles. The predicted octanol–water partition coefficient (Wildman–Crippen LogP) is 1.22. The number of hydrogen-bond donors (Lipinski definition) is 2. The number of aromatic nitrogens is 2. The normalized spacial score (nSPS) is 8.94. The molecule has 1 aromatic rings. The van der Waals surface area contributed by atoms with Gasteiger partial charge in [-0.25, -0.2) is 4.98 Å². The van der Waals surface area contributed by atoms with Crippen LogP contribution >= 0.6 is 0 Å². The first-order valence-electron chi connectivity index (χ1n) is 5.56. The van der Waals surface area contributed by atoms with E-state index in [0.717, 1.165) is 0 Å². The number of nitrogens with one attached hydrogen (secondary N) is 1. The van der Waals surface area contributed by atoms with Gasteiger partial charge < -0.3 is 9.84 Å². The third-order valence-corrected chi connectivity index (χ3v) is 1.47. The third-order valence-electron chi connectivity index (χ3n) is 1.47. The van der Waals surface area contributed by atoms with Crippen molar-refractivity contribution >= 4 is 11.9 Å². The molecular weight excluding hydrogens is 222 g/mol. The second-order valence-electron chi connectivity index (χ2n) is 2.83. The first-order valence-corrected chi connectivity index (χ1v) is 5.56. The Balaban J connectivity index is 0.00000121. The van der Waals surface area contributed by atoms with Gasteiger partial charge in [-0.05, 0) is 0 Å². The number of carbonyl (C=O) groups is 1. The number of nitrogens with zero attached hydrogens (tertiary/aromatic N) is 2. The lowest BCUT2D eigenvalue weighted by molar-refractivity contribution is -0.114. The topological polar surface area (TPSA) is 84.3 Å². The molecule has 1 amide bonds. The summed E-state index contributed by atoms with van der Waals surface area (Å²) >= 11 is 0. The number of carbonyl (C=O) groups excluding carboxylic acids is 1. The van der Waals surface area contributed by atoms with Crippen molar-refractivity contribution in [2.75, 3.05) is 18.5 Å². The molecule has 0 bridgehead atoms. The molecule has 0 saturated carbocycles. The van der Waals surface area contributed by atoms with E-state index in [2.05, 4.69) is 15.3 Å². The maximum absolute atomic E-state index is 10.7. The van der Waals surface area contributed by atoms with Crippen LogP contribution in [0.15, 0.2) is 12.3 Å². The van der Waals surface area contributed by atoms with Crippen molar-refractivity contribution < 1.29 is 14.6 Å². The fourth-order valence-electron chi connectivity index (χ4n) is 0.881. The van der Waals surface area contributed by atoms with Crippen molar-refractivity contribution in [3.8, 4) is 5.88 Å². The van der Waals surface area contributed by atoms with E-state index >= 15 is 0 Å². The van der Waals surface area contributed by atoms with Gasteiger partial charge in [-0.1, -0.05) is 13.8 Å². The molecule has 1 rings (SSSR count). The van der Waals surface area contributed by atoms with Crippen LogP contribution in [0.4, 0.5) is 5.95 Å². The van der Waals surface area contributed by atoms with Gasteiger partial charge in [-0.3, -0.25) is 10.1 Å². The van der Waals surface area contributed by atoms with Crippen molar-refractivity contribution in [1.82, 2.24) is 9.97 Å². The summed E-state index contributed by atoms with van der Waals surface area (Å²) in [6.45, 7) is 5.83. The Hall–Kier alpha value is -1.69. The number of hydrogen-bond acceptors (Lipinski definition) is 5. The lowest BCUT2D eigenvalue weighted by Crippen LogP contribution is -2.10. The van der Waals surface area contributed by atoms with Gasteiger partial charge in [0.25, 0.3) is 0 Å². The summed E-state index contributed by atoms with van der Waals surface area (Å²) in [6, 6.07) is 1.59. The molecule has 1 aromatic heterocycles. The smallest absolute Gasteiger partial charge is 0.232 e. The average Bonchev–Trinajstić information content (AvgIpc) is 2.32. The monoisotopic (exact) mass is 241 g/mol. The Bertz CT molecular complexity index is 331. The molecule has 0 spiro atoms. The molecule has 17 heavy (non-hydrogen) atoms. The van der Waals surface area contributed by atoms with Gasteiger partial charge in [-0.2, -0.15) is 4.98 Å². The van der Waals surface area contributed by atoms with Crippen LogP contribution in [-0.2, 0) is 4.79 Å². The highest BCUT2D eigenvalue weighted by molar-refractivity contribution is 5.86. The van der Waals surface area contributed by atoms with Crippen LogP contribution in [0.5, 0.6) is 5.88 Å². The maximum Gasteiger partial charge on any atom is 0.232 e. The molecule has 1 heterocycles. The molecular formula is C11H19N3O3. The zero-order valence-electron chi connectivity index (χ0n) is 10.4. The molecule has 0 radical (unpaired) electrons. The second kappa shape index (κ2) is 9.53. The summed E-state index contributed by atoms with van der Waals surface area (Å²) in [6.07, 6.45) is 2.03. The Morgan fingerprint density at radius 1 is 1.53 bits per heavy atom. The van der Waals surface area contributed by atoms with Crippen molar-refractivity contribution in [3.05, 3.63) is 12.3 Å². The number of ether oxygens (including phenoxy) is 1. The molecule has 0 aliphatic rings. The highest BCUT2D eigenvalue weighted by atomic mass is 16.5. The summed E-state index contributed by atoms with van der Waals surface area (Å²) in [5, 5.41) is 11.0. The Morgan fingerprint density at radius 3 is 2.82 bits per heavy atom. The Morgan fingerprint density at radius 2 is 2.24 bits per heavy atom. The molecule has 0 atom stereocenters. The molecule has 0 unspecified atom stereocenters. The third kappa shape index (κ3) is 7.24. The van der Waals surface area contributed by atoms with Crippen LogP contribution in [0.3, 0.4) is 0 Å². The van der Waals surface area contributed by atoms with Crippen molar-refractivity contribution in [3.63, 3.8) is 0 Å². The van der Waals surface area contributed by atoms with E-state index in [1.165, 1.54) is 13.1 Å². The summed E-state index contributed by atoms with van der Waals surface area (Å²) in [4.78, 5) is 18.5. The van der Waals surface area contributed by atoms with Crippen LogP contribution in [0.25, 0.3) is 0 Å². The molecule has 96 valence electrons. The highest BCUT2D eigenvalue weighted by Crippen LogP contribution is 2.08. The SMILES string of the molecule is CC.CC(=O)Nc1nccc(OCCCO)n1. The minimum absolute atomic E-state index is 0.0731. The molecule has 6 heteroatoms. The average molecular weight is 241 g/mol. The van der Waals surface area contributed by atoms with Gasteiger partial charge in [0.05, 0.1) is 6.61 Å². The highest BCUT2D eigenvalue weighted by Gasteiger charge is 2.01. The van der Waals surface area contributed by atoms with Gasteiger partial charge >= 0.3 is 0 Å². The lowest BCUT2D eigenvalue weighted by Gasteiger charge is -2.05. The van der Waals surface area contributed by atoms with E-state index in [1.807, 2.05) is 13.8 Å². The van der Waals surface area contributed by atoms with Gasteiger partial charge in [0, 0.05) is 32.2 Å². The number of aliphatic hydroxyl groups is 1. The van der Waals surface area contributed by atoms with Crippen molar-refractivity contribution in [2.24, 2.45) is 0 Å². The van der Waals surface area contributed by atoms with Crippen LogP contribution in [0.2, 0.25) is 0 Å². The quantitative estimate of drug-likeness (QED) is 0.757. The van der Waals surface area contributed by atoms with E-state index in [1.54, 1.807) is 6.07 Å². The zero-order valence-corrected chi connectivity index (χ0v) is 10.4. The molecule has 0 aliphatic carbocycles. The fraction of sp³-hybridized carbons (Fsp3) is 0.545. The van der Waals surface area contributed by atoms with Gasteiger partial charge in [0.2, 0.25) is 17.7 Å². The summed E-state index contributed by atoms with van der Waals surface area (Å²) in [5.74, 6) is 0.355. The number of rotatable bonds is 5. The summed E-state index contributed by atoms with van der Waals surface area (Å²) < 4.78 is 5.21. The summed E-state index contributed by atoms with van der Waals surface area (Å²) in [7, 11) is 0. The first kappa shape index (κ1) is 15.3. The second-order valence-corrected chi connectivity index (χ2v) is 2.83. The zero-order chi connectivity index (χ0) is 13.1. The van der Waals surface area contributed by atoms with Crippen molar-refractivity contribution in [1.29, 1.82) is 0 Å². The molecule has 0 fully saturated rings. The Kier molecular flexibility index (Phi) is 8.58. The largest absolute Gasteiger partial charge is 0.477 e. The maximum atomic E-state index is 10.7. The van der Waals surface area contributed by atoms with E-state index in [4.69, 9.17) is 9.84 Å². The van der Waals surface area contributed by atoms with Crippen LogP contribution in [0.1, 0.15) is 27.2 Å². The van der Waals surface area contributed by atoms with Gasteiger partial charge in [-0.15, -0.1) is 0 Å². The number of aliphatic hydroxyl groups excluding tert-OH is 1. The molecule has 0 aromatic carbocycles. The van der Waals surface area contributed by atoms with E-state index < -0.39 is 0 Å². The first-order chi connectivity index (χ1) is 8.22. The van der Waals surface area contributed by atoms with Crippen LogP contribution < -0.4 is 10.1 Å².